The lowest BCUT2D eigenvalue weighted by Gasteiger charge is -2.14. The molecule has 17 heavy (non-hydrogen) atoms. The molecule has 4 heteroatoms. The van der Waals surface area contributed by atoms with E-state index in [4.69, 9.17) is 11.6 Å². The molecule has 3 nitrogen and oxygen atoms in total. The number of carbonyl (C=O) groups excluding carboxylic acids is 1. The summed E-state index contributed by atoms with van der Waals surface area (Å²) in [5.74, 6) is 0.154. The summed E-state index contributed by atoms with van der Waals surface area (Å²) >= 11 is 5.80. The Balaban J connectivity index is 1.86. The van der Waals surface area contributed by atoms with Gasteiger partial charge in [-0.2, -0.15) is 0 Å². The van der Waals surface area contributed by atoms with Gasteiger partial charge in [0.05, 0.1) is 5.41 Å². The van der Waals surface area contributed by atoms with Crippen LogP contribution >= 0.6 is 11.6 Å². The summed E-state index contributed by atoms with van der Waals surface area (Å²) in [6.07, 6.45) is 1.97. The monoisotopic (exact) mass is 252 g/mol. The highest BCUT2D eigenvalue weighted by Gasteiger charge is 2.48. The minimum Gasteiger partial charge on any atom is -0.352 e. The second-order valence-electron chi connectivity index (χ2n) is 4.62. The normalized spacial score (nSPS) is 16.6. The van der Waals surface area contributed by atoms with Crippen LogP contribution in [-0.4, -0.2) is 19.5 Å². The highest BCUT2D eigenvalue weighted by Crippen LogP contribution is 2.45. The smallest absolute Gasteiger partial charge is 0.227 e. The Hall–Kier alpha value is -1.06. The first-order valence-corrected chi connectivity index (χ1v) is 6.21. The van der Waals surface area contributed by atoms with Gasteiger partial charge in [0.2, 0.25) is 5.91 Å². The van der Waals surface area contributed by atoms with E-state index in [2.05, 4.69) is 10.6 Å². The molecular weight excluding hydrogens is 236 g/mol. The molecule has 92 valence electrons. The van der Waals surface area contributed by atoms with Crippen LogP contribution in [0.1, 0.15) is 18.4 Å². The van der Waals surface area contributed by atoms with Crippen LogP contribution in [0.4, 0.5) is 0 Å². The zero-order valence-corrected chi connectivity index (χ0v) is 10.7. The Kier molecular flexibility index (Phi) is 3.69. The second-order valence-corrected chi connectivity index (χ2v) is 5.06. The van der Waals surface area contributed by atoms with Crippen LogP contribution in [0.2, 0.25) is 5.02 Å². The third kappa shape index (κ3) is 2.99. The number of amides is 1. The maximum absolute atomic E-state index is 12.0. The van der Waals surface area contributed by atoms with Crippen molar-refractivity contribution in [2.45, 2.75) is 19.4 Å². The van der Waals surface area contributed by atoms with Gasteiger partial charge in [0.15, 0.2) is 0 Å². The molecule has 1 fully saturated rings. The van der Waals surface area contributed by atoms with Crippen molar-refractivity contribution in [2.75, 3.05) is 13.6 Å². The molecule has 2 rings (SSSR count). The van der Waals surface area contributed by atoms with Crippen LogP contribution in [0.5, 0.6) is 0 Å². The summed E-state index contributed by atoms with van der Waals surface area (Å²) in [6, 6.07) is 7.54. The predicted octanol–water partition coefficient (Wildman–Crippen LogP) is 1.96. The van der Waals surface area contributed by atoms with E-state index in [0.717, 1.165) is 24.9 Å². The van der Waals surface area contributed by atoms with Gasteiger partial charge in [0.1, 0.15) is 0 Å². The lowest BCUT2D eigenvalue weighted by Crippen LogP contribution is -2.37. The zero-order chi connectivity index (χ0) is 12.3. The van der Waals surface area contributed by atoms with E-state index in [-0.39, 0.29) is 11.3 Å². The fourth-order valence-electron chi connectivity index (χ4n) is 1.95. The number of carbonyl (C=O) groups is 1. The zero-order valence-electron chi connectivity index (χ0n) is 9.92. The first-order chi connectivity index (χ1) is 8.16. The van der Waals surface area contributed by atoms with Gasteiger partial charge in [0, 0.05) is 18.1 Å². The van der Waals surface area contributed by atoms with Crippen LogP contribution < -0.4 is 10.6 Å². The number of nitrogens with one attached hydrogen (secondary N) is 2. The van der Waals surface area contributed by atoms with Crippen molar-refractivity contribution in [3.63, 3.8) is 0 Å². The van der Waals surface area contributed by atoms with Crippen molar-refractivity contribution >= 4 is 17.5 Å². The molecule has 0 aromatic heterocycles. The minimum atomic E-state index is -0.152. The van der Waals surface area contributed by atoms with E-state index >= 15 is 0 Å². The summed E-state index contributed by atoms with van der Waals surface area (Å²) in [7, 11) is 1.88. The van der Waals surface area contributed by atoms with Crippen molar-refractivity contribution < 1.29 is 4.79 Å². The number of rotatable bonds is 5. The molecule has 1 aliphatic carbocycles. The van der Waals surface area contributed by atoms with E-state index in [1.165, 1.54) is 0 Å². The average molecular weight is 253 g/mol. The Labute approximate surface area is 107 Å². The van der Waals surface area contributed by atoms with E-state index in [0.29, 0.717) is 11.6 Å². The quantitative estimate of drug-likeness (QED) is 0.841. The standard InChI is InChI=1S/C13H17ClN2O/c1-15-9-13(6-7-13)12(17)16-8-10-2-4-11(14)5-3-10/h2-5,15H,6-9H2,1H3,(H,16,17). The third-order valence-electron chi connectivity index (χ3n) is 3.22. The summed E-state index contributed by atoms with van der Waals surface area (Å²) in [5.41, 5.74) is 0.921. The fraction of sp³-hybridized carbons (Fsp3) is 0.462. The lowest BCUT2D eigenvalue weighted by atomic mass is 10.1. The average Bonchev–Trinajstić information content (AvgIpc) is 3.09. The summed E-state index contributed by atoms with van der Waals surface area (Å²) in [4.78, 5) is 12.0. The molecular formula is C13H17ClN2O. The van der Waals surface area contributed by atoms with Crippen molar-refractivity contribution in [3.8, 4) is 0 Å². The highest BCUT2D eigenvalue weighted by molar-refractivity contribution is 6.30. The first-order valence-electron chi connectivity index (χ1n) is 5.84. The predicted molar refractivity (Wildman–Crippen MR) is 68.9 cm³/mol. The number of benzene rings is 1. The maximum atomic E-state index is 12.0. The van der Waals surface area contributed by atoms with Crippen LogP contribution in [-0.2, 0) is 11.3 Å². The Morgan fingerprint density at radius 2 is 2.00 bits per heavy atom. The van der Waals surface area contributed by atoms with Gasteiger partial charge in [-0.05, 0) is 37.6 Å². The van der Waals surface area contributed by atoms with Crippen molar-refractivity contribution in [1.29, 1.82) is 0 Å². The largest absolute Gasteiger partial charge is 0.352 e. The van der Waals surface area contributed by atoms with Gasteiger partial charge in [-0.25, -0.2) is 0 Å². The molecule has 0 heterocycles. The topological polar surface area (TPSA) is 41.1 Å². The summed E-state index contributed by atoms with van der Waals surface area (Å²) in [5, 5.41) is 6.78. The van der Waals surface area contributed by atoms with Gasteiger partial charge in [-0.1, -0.05) is 23.7 Å². The van der Waals surface area contributed by atoms with Gasteiger partial charge in [-0.3, -0.25) is 4.79 Å². The molecule has 0 unspecified atom stereocenters. The van der Waals surface area contributed by atoms with Crippen LogP contribution in [0.15, 0.2) is 24.3 Å². The van der Waals surface area contributed by atoms with Crippen molar-refractivity contribution in [3.05, 3.63) is 34.9 Å². The molecule has 2 N–H and O–H groups in total. The molecule has 1 aromatic carbocycles. The van der Waals surface area contributed by atoms with E-state index in [1.807, 2.05) is 31.3 Å². The van der Waals surface area contributed by atoms with Crippen LogP contribution in [0.3, 0.4) is 0 Å². The number of hydrogen-bond acceptors (Lipinski definition) is 2. The SMILES string of the molecule is CNCC1(C(=O)NCc2ccc(Cl)cc2)CC1. The van der Waals surface area contributed by atoms with E-state index < -0.39 is 0 Å². The van der Waals surface area contributed by atoms with Gasteiger partial charge in [-0.15, -0.1) is 0 Å². The highest BCUT2D eigenvalue weighted by atomic mass is 35.5. The summed E-state index contributed by atoms with van der Waals surface area (Å²) < 4.78 is 0. The van der Waals surface area contributed by atoms with Crippen molar-refractivity contribution in [1.82, 2.24) is 10.6 Å². The number of halogens is 1. The van der Waals surface area contributed by atoms with Gasteiger partial charge >= 0.3 is 0 Å². The van der Waals surface area contributed by atoms with E-state index in [9.17, 15) is 4.79 Å². The molecule has 1 amide bonds. The van der Waals surface area contributed by atoms with E-state index in [1.54, 1.807) is 0 Å². The van der Waals surface area contributed by atoms with Gasteiger partial charge < -0.3 is 10.6 Å². The molecule has 0 saturated heterocycles. The lowest BCUT2D eigenvalue weighted by molar-refractivity contribution is -0.126. The third-order valence-corrected chi connectivity index (χ3v) is 3.47. The first kappa shape index (κ1) is 12.4. The number of hydrogen-bond donors (Lipinski definition) is 2. The van der Waals surface area contributed by atoms with Crippen molar-refractivity contribution in [2.24, 2.45) is 5.41 Å². The summed E-state index contributed by atoms with van der Waals surface area (Å²) in [6.45, 7) is 1.33. The molecule has 0 spiro atoms. The van der Waals surface area contributed by atoms with Crippen LogP contribution in [0, 0.1) is 5.41 Å². The molecule has 1 saturated carbocycles. The molecule has 0 radical (unpaired) electrons. The molecule has 1 aromatic rings. The van der Waals surface area contributed by atoms with Crippen LogP contribution in [0.25, 0.3) is 0 Å². The molecule has 0 atom stereocenters. The second kappa shape index (κ2) is 5.07. The molecule has 1 aliphatic rings. The fourth-order valence-corrected chi connectivity index (χ4v) is 2.07. The minimum absolute atomic E-state index is 0.152. The van der Waals surface area contributed by atoms with Gasteiger partial charge in [0.25, 0.3) is 0 Å². The molecule has 0 aliphatic heterocycles. The molecule has 0 bridgehead atoms. The Morgan fingerprint density at radius 3 is 2.53 bits per heavy atom. The maximum Gasteiger partial charge on any atom is 0.227 e. The Morgan fingerprint density at radius 1 is 1.35 bits per heavy atom. The Bertz CT molecular complexity index is 398.